The second-order valence-electron chi connectivity index (χ2n) is 5.34. The van der Waals surface area contributed by atoms with Crippen LogP contribution < -0.4 is 10.4 Å². The predicted octanol–water partition coefficient (Wildman–Crippen LogP) is 3.47. The van der Waals surface area contributed by atoms with Crippen molar-refractivity contribution in [1.29, 1.82) is 0 Å². The molecule has 3 rings (SSSR count). The molecule has 1 aliphatic rings. The molecule has 0 aromatic heterocycles. The van der Waals surface area contributed by atoms with E-state index in [4.69, 9.17) is 0 Å². The number of hydrogen-bond donors (Lipinski definition) is 2. The SMILES string of the molecule is CC1NN(c2ccccc2)C(O)=C1C(=O)c1cc(F)c(F)c(F)c1.[Cu]. The third kappa shape index (κ3) is 3.42. The van der Waals surface area contributed by atoms with Crippen LogP contribution in [0.5, 0.6) is 0 Å². The van der Waals surface area contributed by atoms with Gasteiger partial charge in [-0.3, -0.25) is 4.79 Å². The standard InChI is InChI=1S/C17H13F3N2O2.Cu/c1-9-14(16(23)10-7-12(18)15(20)13(19)8-10)17(24)22(21-9)11-5-3-2-4-6-11;/h2-9,21,24H,1H3;. The Morgan fingerprint density at radius 1 is 1.12 bits per heavy atom. The van der Waals surface area contributed by atoms with Crippen molar-refractivity contribution in [3.8, 4) is 0 Å². The van der Waals surface area contributed by atoms with Crippen molar-refractivity contribution in [3.63, 3.8) is 0 Å². The maximum absolute atomic E-state index is 13.4. The zero-order valence-electron chi connectivity index (χ0n) is 12.9. The minimum atomic E-state index is -1.65. The van der Waals surface area contributed by atoms with Gasteiger partial charge in [0, 0.05) is 22.6 Å². The molecule has 0 amide bonds. The van der Waals surface area contributed by atoms with Crippen LogP contribution in [-0.2, 0) is 17.1 Å². The van der Waals surface area contributed by atoms with E-state index < -0.39 is 29.3 Å². The number of nitrogens with one attached hydrogen (secondary N) is 1. The molecular weight excluding hydrogens is 385 g/mol. The fourth-order valence-corrected chi connectivity index (χ4v) is 2.55. The smallest absolute Gasteiger partial charge is 0.215 e. The van der Waals surface area contributed by atoms with E-state index in [1.807, 2.05) is 0 Å². The molecular formula is C17H13CuF3N2O2. The molecule has 8 heteroatoms. The third-order valence-electron chi connectivity index (χ3n) is 3.71. The number of nitrogens with zero attached hydrogens (tertiary/aromatic N) is 1. The fraction of sp³-hybridized carbons (Fsp3) is 0.118. The molecule has 1 radical (unpaired) electrons. The minimum absolute atomic E-state index is 0. The van der Waals surface area contributed by atoms with Gasteiger partial charge in [0.1, 0.15) is 0 Å². The molecule has 0 spiro atoms. The van der Waals surface area contributed by atoms with E-state index in [0.717, 1.165) is 0 Å². The number of para-hydroxylation sites is 1. The van der Waals surface area contributed by atoms with E-state index in [0.29, 0.717) is 17.8 Å². The van der Waals surface area contributed by atoms with Crippen LogP contribution in [-0.4, -0.2) is 16.9 Å². The van der Waals surface area contributed by atoms with Crippen LogP contribution in [0.3, 0.4) is 0 Å². The van der Waals surface area contributed by atoms with E-state index in [1.165, 1.54) is 5.01 Å². The number of carbonyl (C=O) groups excluding carboxylic acids is 1. The van der Waals surface area contributed by atoms with Gasteiger partial charge in [-0.25, -0.2) is 23.6 Å². The van der Waals surface area contributed by atoms with Crippen LogP contribution in [0.25, 0.3) is 0 Å². The number of ketones is 1. The van der Waals surface area contributed by atoms with E-state index >= 15 is 0 Å². The van der Waals surface area contributed by atoms with Crippen molar-refractivity contribution in [2.45, 2.75) is 13.0 Å². The summed E-state index contributed by atoms with van der Waals surface area (Å²) in [7, 11) is 0. The first-order valence-corrected chi connectivity index (χ1v) is 7.14. The average Bonchev–Trinajstić information content (AvgIpc) is 2.87. The van der Waals surface area contributed by atoms with Gasteiger partial charge in [0.25, 0.3) is 0 Å². The van der Waals surface area contributed by atoms with Crippen molar-refractivity contribution in [2.24, 2.45) is 0 Å². The molecule has 0 aliphatic carbocycles. The van der Waals surface area contributed by atoms with Gasteiger partial charge in [-0.2, -0.15) is 0 Å². The van der Waals surface area contributed by atoms with Crippen molar-refractivity contribution in [2.75, 3.05) is 5.01 Å². The summed E-state index contributed by atoms with van der Waals surface area (Å²) in [6, 6.07) is 9.33. The molecule has 1 heterocycles. The second kappa shape index (κ2) is 7.31. The Morgan fingerprint density at radius 3 is 2.24 bits per heavy atom. The maximum Gasteiger partial charge on any atom is 0.215 e. The Morgan fingerprint density at radius 2 is 1.68 bits per heavy atom. The summed E-state index contributed by atoms with van der Waals surface area (Å²) in [5, 5.41) is 11.7. The molecule has 0 saturated carbocycles. The normalized spacial score (nSPS) is 16.8. The van der Waals surface area contributed by atoms with Crippen molar-refractivity contribution >= 4 is 11.5 Å². The Bertz CT molecular complexity index is 820. The number of carbonyl (C=O) groups is 1. The van der Waals surface area contributed by atoms with E-state index in [1.54, 1.807) is 37.3 Å². The topological polar surface area (TPSA) is 52.6 Å². The summed E-state index contributed by atoms with van der Waals surface area (Å²) in [5.41, 5.74) is 3.03. The molecule has 2 aromatic carbocycles. The van der Waals surface area contributed by atoms with Crippen LogP contribution in [0, 0.1) is 17.5 Å². The van der Waals surface area contributed by atoms with Crippen LogP contribution >= 0.6 is 0 Å². The van der Waals surface area contributed by atoms with Gasteiger partial charge in [0.15, 0.2) is 23.2 Å². The Hall–Kier alpha value is -2.28. The minimum Gasteiger partial charge on any atom is -0.493 e. The first kappa shape index (κ1) is 19.0. The summed E-state index contributed by atoms with van der Waals surface area (Å²) in [6.07, 6.45) is 0. The number of Topliss-reactive ketones (excluding diaryl/α,β-unsaturated/α-hetero) is 1. The van der Waals surface area contributed by atoms with Crippen molar-refractivity contribution in [3.05, 3.63) is 76.9 Å². The van der Waals surface area contributed by atoms with Crippen LogP contribution in [0.15, 0.2) is 53.9 Å². The number of hydrazine groups is 1. The molecule has 0 bridgehead atoms. The Labute approximate surface area is 152 Å². The second-order valence-corrected chi connectivity index (χ2v) is 5.34. The number of aliphatic hydroxyl groups excluding tert-OH is 1. The molecule has 1 atom stereocenters. The van der Waals surface area contributed by atoms with Crippen molar-refractivity contribution < 1.29 is 40.1 Å². The number of rotatable bonds is 3. The van der Waals surface area contributed by atoms with Crippen LogP contribution in [0.2, 0.25) is 0 Å². The molecule has 1 unspecified atom stereocenters. The molecule has 135 valence electrons. The third-order valence-corrected chi connectivity index (χ3v) is 3.71. The first-order chi connectivity index (χ1) is 11.4. The van der Waals surface area contributed by atoms with Gasteiger partial charge in [-0.15, -0.1) is 0 Å². The molecule has 2 aromatic rings. The van der Waals surface area contributed by atoms with E-state index in [9.17, 15) is 23.1 Å². The molecule has 0 fully saturated rings. The number of hydrogen-bond acceptors (Lipinski definition) is 4. The Kier molecular flexibility index (Phi) is 5.57. The summed E-state index contributed by atoms with van der Waals surface area (Å²) in [5.74, 6) is -5.73. The largest absolute Gasteiger partial charge is 0.493 e. The number of halogens is 3. The van der Waals surface area contributed by atoms with E-state index in [-0.39, 0.29) is 34.1 Å². The predicted molar refractivity (Wildman–Crippen MR) is 81.8 cm³/mol. The zero-order chi connectivity index (χ0) is 17.4. The van der Waals surface area contributed by atoms with Gasteiger partial charge in [-0.05, 0) is 31.2 Å². The monoisotopic (exact) mass is 397 g/mol. The molecule has 0 saturated heterocycles. The first-order valence-electron chi connectivity index (χ1n) is 7.14. The van der Waals surface area contributed by atoms with Gasteiger partial charge >= 0.3 is 0 Å². The fourth-order valence-electron chi connectivity index (χ4n) is 2.55. The van der Waals surface area contributed by atoms with Gasteiger partial charge < -0.3 is 5.11 Å². The quantitative estimate of drug-likeness (QED) is 0.473. The number of aliphatic hydroxyl groups is 1. The average molecular weight is 398 g/mol. The summed E-state index contributed by atoms with van der Waals surface area (Å²) in [4.78, 5) is 12.5. The summed E-state index contributed by atoms with van der Waals surface area (Å²) in [6.45, 7) is 1.61. The zero-order valence-corrected chi connectivity index (χ0v) is 13.8. The van der Waals surface area contributed by atoms with Crippen molar-refractivity contribution in [1.82, 2.24) is 5.43 Å². The number of benzene rings is 2. The van der Waals surface area contributed by atoms with E-state index in [2.05, 4.69) is 5.43 Å². The maximum atomic E-state index is 13.4. The molecule has 25 heavy (non-hydrogen) atoms. The van der Waals surface area contributed by atoms with Crippen LogP contribution in [0.4, 0.5) is 18.9 Å². The van der Waals surface area contributed by atoms with Gasteiger partial charge in [0.05, 0.1) is 17.3 Å². The van der Waals surface area contributed by atoms with Crippen LogP contribution in [0.1, 0.15) is 17.3 Å². The molecule has 1 aliphatic heterocycles. The number of anilines is 1. The summed E-state index contributed by atoms with van der Waals surface area (Å²) >= 11 is 0. The van der Waals surface area contributed by atoms with Gasteiger partial charge in [0.2, 0.25) is 5.88 Å². The van der Waals surface area contributed by atoms with Gasteiger partial charge in [-0.1, -0.05) is 18.2 Å². The summed E-state index contributed by atoms with van der Waals surface area (Å²) < 4.78 is 39.7. The molecule has 2 N–H and O–H groups in total. The molecule has 4 nitrogen and oxygen atoms in total. The Balaban J connectivity index is 0.00000225.